The zero-order valence-corrected chi connectivity index (χ0v) is 9.67. The molecule has 0 aromatic heterocycles. The molecule has 0 radical (unpaired) electrons. The standard InChI is InChI=1S/C12H14F2N2O/c1-7(6-17)8(2)16-12-10(13)3-9(5-15)4-11(12)14/h3-4,7-8,16-17H,6H2,1-2H3. The Labute approximate surface area is 98.7 Å². The van der Waals surface area contributed by atoms with Crippen molar-refractivity contribution < 1.29 is 13.9 Å². The monoisotopic (exact) mass is 240 g/mol. The molecule has 5 heteroatoms. The number of hydrogen-bond donors (Lipinski definition) is 2. The predicted molar refractivity (Wildman–Crippen MR) is 60.4 cm³/mol. The molecule has 2 unspecified atom stereocenters. The average molecular weight is 240 g/mol. The quantitative estimate of drug-likeness (QED) is 0.848. The lowest BCUT2D eigenvalue weighted by molar-refractivity contribution is 0.226. The van der Waals surface area contributed by atoms with E-state index in [0.29, 0.717) is 0 Å². The molecule has 92 valence electrons. The third-order valence-corrected chi connectivity index (χ3v) is 2.68. The number of nitriles is 1. The molecule has 2 atom stereocenters. The summed E-state index contributed by atoms with van der Waals surface area (Å²) in [5, 5.41) is 20.1. The summed E-state index contributed by atoms with van der Waals surface area (Å²) in [7, 11) is 0. The van der Waals surface area contributed by atoms with E-state index < -0.39 is 11.6 Å². The first kappa shape index (κ1) is 13.4. The summed E-state index contributed by atoms with van der Waals surface area (Å²) in [5.74, 6) is -1.75. The van der Waals surface area contributed by atoms with Crippen molar-refractivity contribution in [2.24, 2.45) is 5.92 Å². The number of halogens is 2. The Morgan fingerprint density at radius 1 is 1.35 bits per heavy atom. The summed E-state index contributed by atoms with van der Waals surface area (Å²) in [6.07, 6.45) is 0. The van der Waals surface area contributed by atoms with Gasteiger partial charge in [-0.2, -0.15) is 5.26 Å². The van der Waals surface area contributed by atoms with Crippen LogP contribution in [0, 0.1) is 28.9 Å². The molecule has 0 fully saturated rings. The summed E-state index contributed by atoms with van der Waals surface area (Å²) >= 11 is 0. The topological polar surface area (TPSA) is 56.0 Å². The van der Waals surface area contributed by atoms with Crippen LogP contribution in [-0.4, -0.2) is 17.8 Å². The van der Waals surface area contributed by atoms with Crippen molar-refractivity contribution in [3.05, 3.63) is 29.3 Å². The van der Waals surface area contributed by atoms with Crippen LogP contribution in [0.2, 0.25) is 0 Å². The summed E-state index contributed by atoms with van der Waals surface area (Å²) < 4.78 is 27.0. The van der Waals surface area contributed by atoms with E-state index >= 15 is 0 Å². The molecule has 1 aromatic rings. The van der Waals surface area contributed by atoms with Gasteiger partial charge in [-0.3, -0.25) is 0 Å². The maximum Gasteiger partial charge on any atom is 0.150 e. The van der Waals surface area contributed by atoms with Crippen molar-refractivity contribution in [3.8, 4) is 6.07 Å². The maximum absolute atomic E-state index is 13.5. The van der Waals surface area contributed by atoms with Crippen LogP contribution in [0.25, 0.3) is 0 Å². The van der Waals surface area contributed by atoms with E-state index in [9.17, 15) is 8.78 Å². The van der Waals surface area contributed by atoms with Gasteiger partial charge in [-0.05, 0) is 25.0 Å². The van der Waals surface area contributed by atoms with Gasteiger partial charge in [-0.25, -0.2) is 8.78 Å². The number of rotatable bonds is 4. The smallest absolute Gasteiger partial charge is 0.150 e. The maximum atomic E-state index is 13.5. The third kappa shape index (κ3) is 3.14. The first-order chi connectivity index (χ1) is 7.99. The van der Waals surface area contributed by atoms with E-state index in [1.807, 2.05) is 0 Å². The number of aliphatic hydroxyl groups is 1. The second-order valence-electron chi connectivity index (χ2n) is 4.02. The molecule has 1 rings (SSSR count). The van der Waals surface area contributed by atoms with Gasteiger partial charge in [-0.15, -0.1) is 0 Å². The number of benzene rings is 1. The second-order valence-corrected chi connectivity index (χ2v) is 4.02. The molecule has 0 aliphatic rings. The van der Waals surface area contributed by atoms with Gasteiger partial charge < -0.3 is 10.4 Å². The highest BCUT2D eigenvalue weighted by Crippen LogP contribution is 2.22. The highest BCUT2D eigenvalue weighted by molar-refractivity contribution is 5.50. The molecule has 0 heterocycles. The average Bonchev–Trinajstić information content (AvgIpc) is 2.31. The lowest BCUT2D eigenvalue weighted by Gasteiger charge is -2.21. The van der Waals surface area contributed by atoms with Gasteiger partial charge in [0.15, 0.2) is 11.6 Å². The summed E-state index contributed by atoms with van der Waals surface area (Å²) in [4.78, 5) is 0. The Morgan fingerprint density at radius 2 is 1.88 bits per heavy atom. The Balaban J connectivity index is 2.96. The second kappa shape index (κ2) is 5.60. The largest absolute Gasteiger partial charge is 0.396 e. The van der Waals surface area contributed by atoms with E-state index in [4.69, 9.17) is 10.4 Å². The fourth-order valence-electron chi connectivity index (χ4n) is 1.30. The molecule has 3 nitrogen and oxygen atoms in total. The number of aliphatic hydroxyl groups excluding tert-OH is 1. The van der Waals surface area contributed by atoms with Crippen LogP contribution >= 0.6 is 0 Å². The fourth-order valence-corrected chi connectivity index (χ4v) is 1.30. The molecule has 0 aliphatic heterocycles. The minimum Gasteiger partial charge on any atom is -0.396 e. The molecule has 0 aliphatic carbocycles. The molecule has 0 amide bonds. The molecule has 0 spiro atoms. The van der Waals surface area contributed by atoms with Crippen molar-refractivity contribution in [1.82, 2.24) is 0 Å². The van der Waals surface area contributed by atoms with Crippen LogP contribution in [0.1, 0.15) is 19.4 Å². The van der Waals surface area contributed by atoms with Gasteiger partial charge >= 0.3 is 0 Å². The summed E-state index contributed by atoms with van der Waals surface area (Å²) in [5.41, 5.74) is -0.329. The highest BCUT2D eigenvalue weighted by atomic mass is 19.1. The summed E-state index contributed by atoms with van der Waals surface area (Å²) in [6.45, 7) is 3.41. The number of hydrogen-bond acceptors (Lipinski definition) is 3. The molecule has 2 N–H and O–H groups in total. The van der Waals surface area contributed by atoms with E-state index in [2.05, 4.69) is 5.32 Å². The highest BCUT2D eigenvalue weighted by Gasteiger charge is 2.16. The van der Waals surface area contributed by atoms with Crippen LogP contribution in [0.3, 0.4) is 0 Å². The van der Waals surface area contributed by atoms with E-state index in [1.165, 1.54) is 0 Å². The lowest BCUT2D eigenvalue weighted by Crippen LogP contribution is -2.27. The Kier molecular flexibility index (Phi) is 4.41. The van der Waals surface area contributed by atoms with Crippen molar-refractivity contribution in [2.75, 3.05) is 11.9 Å². The number of nitrogens with one attached hydrogen (secondary N) is 1. The van der Waals surface area contributed by atoms with E-state index in [1.54, 1.807) is 19.9 Å². The number of anilines is 1. The van der Waals surface area contributed by atoms with Gasteiger partial charge in [0.1, 0.15) is 5.69 Å². The fraction of sp³-hybridized carbons (Fsp3) is 0.417. The first-order valence-corrected chi connectivity index (χ1v) is 5.26. The normalized spacial score (nSPS) is 13.9. The number of nitrogens with zero attached hydrogens (tertiary/aromatic N) is 1. The zero-order valence-electron chi connectivity index (χ0n) is 9.67. The van der Waals surface area contributed by atoms with E-state index in [0.717, 1.165) is 12.1 Å². The molecule has 0 saturated heterocycles. The third-order valence-electron chi connectivity index (χ3n) is 2.68. The first-order valence-electron chi connectivity index (χ1n) is 5.26. The van der Waals surface area contributed by atoms with Gasteiger partial charge in [0.05, 0.1) is 11.6 Å². The van der Waals surface area contributed by atoms with Gasteiger partial charge in [0.2, 0.25) is 0 Å². The molecule has 0 saturated carbocycles. The van der Waals surface area contributed by atoms with E-state index in [-0.39, 0.29) is 29.8 Å². The van der Waals surface area contributed by atoms with Crippen molar-refractivity contribution in [2.45, 2.75) is 19.9 Å². The predicted octanol–water partition coefficient (Wildman–Crippen LogP) is 2.27. The SMILES string of the molecule is CC(CO)C(C)Nc1c(F)cc(C#N)cc1F. The van der Waals surface area contributed by atoms with Crippen LogP contribution in [0.5, 0.6) is 0 Å². The minimum atomic E-state index is -0.807. The van der Waals surface area contributed by atoms with Crippen LogP contribution in [0.15, 0.2) is 12.1 Å². The van der Waals surface area contributed by atoms with Gasteiger partial charge in [-0.1, -0.05) is 6.92 Å². The van der Waals surface area contributed by atoms with Crippen molar-refractivity contribution in [1.29, 1.82) is 5.26 Å². The molecule has 0 bridgehead atoms. The Hall–Kier alpha value is -1.67. The molecular weight excluding hydrogens is 226 g/mol. The van der Waals surface area contributed by atoms with Crippen molar-refractivity contribution in [3.63, 3.8) is 0 Å². The van der Waals surface area contributed by atoms with Crippen LogP contribution in [0.4, 0.5) is 14.5 Å². The van der Waals surface area contributed by atoms with Crippen LogP contribution in [-0.2, 0) is 0 Å². The molecular formula is C12H14F2N2O. The minimum absolute atomic E-state index is 0.0617. The van der Waals surface area contributed by atoms with Gasteiger partial charge in [0.25, 0.3) is 0 Å². The lowest BCUT2D eigenvalue weighted by atomic mass is 10.0. The molecule has 17 heavy (non-hydrogen) atoms. The molecule has 1 aromatic carbocycles. The van der Waals surface area contributed by atoms with Gasteiger partial charge in [0, 0.05) is 12.6 Å². The Morgan fingerprint density at radius 3 is 2.29 bits per heavy atom. The van der Waals surface area contributed by atoms with Crippen molar-refractivity contribution >= 4 is 5.69 Å². The Bertz CT molecular complexity index is 420. The van der Waals surface area contributed by atoms with Crippen LogP contribution < -0.4 is 5.32 Å². The zero-order chi connectivity index (χ0) is 13.0. The summed E-state index contributed by atoms with van der Waals surface area (Å²) in [6, 6.07) is 3.34.